The Hall–Kier alpha value is -1.10. The van der Waals surface area contributed by atoms with Gasteiger partial charge in [-0.2, -0.15) is 4.98 Å². The fraction of sp³-hybridized carbons (Fsp3) is 0.333. The van der Waals surface area contributed by atoms with Crippen molar-refractivity contribution in [1.82, 2.24) is 4.98 Å². The lowest BCUT2D eigenvalue weighted by Gasteiger charge is -1.94. The maximum atomic E-state index is 10.5. The summed E-state index contributed by atoms with van der Waals surface area (Å²) in [5, 5.41) is 0.416. The van der Waals surface area contributed by atoms with Gasteiger partial charge in [0.05, 0.1) is 4.88 Å². The molecule has 0 radical (unpaired) electrons. The molecule has 11 heavy (non-hydrogen) atoms. The van der Waals surface area contributed by atoms with Gasteiger partial charge in [0.25, 0.3) is 0 Å². The summed E-state index contributed by atoms with van der Waals surface area (Å²) < 4.78 is 4.75. The molecule has 0 bridgehead atoms. The lowest BCUT2D eigenvalue weighted by molar-refractivity contribution is -0.132. The topological polar surface area (TPSA) is 65.2 Å². The predicted molar refractivity (Wildman–Crippen MR) is 42.6 cm³/mol. The first-order valence-corrected chi connectivity index (χ1v) is 3.82. The summed E-state index contributed by atoms with van der Waals surface area (Å²) in [6, 6.07) is 0. The summed E-state index contributed by atoms with van der Waals surface area (Å²) in [4.78, 5) is 15.1. The van der Waals surface area contributed by atoms with Crippen molar-refractivity contribution < 1.29 is 9.53 Å². The number of aromatic nitrogens is 1. The fourth-order valence-corrected chi connectivity index (χ4v) is 1.25. The highest BCUT2D eigenvalue weighted by molar-refractivity contribution is 7.15. The molecular formula is C6H8N2O2S. The number of thiazole rings is 1. The van der Waals surface area contributed by atoms with E-state index in [9.17, 15) is 4.79 Å². The number of rotatable bonds is 1. The highest BCUT2D eigenvalue weighted by Crippen LogP contribution is 2.25. The van der Waals surface area contributed by atoms with Gasteiger partial charge in [0.15, 0.2) is 5.13 Å². The molecule has 0 saturated carbocycles. The van der Waals surface area contributed by atoms with Gasteiger partial charge in [-0.3, -0.25) is 4.79 Å². The molecule has 1 aromatic rings. The first-order valence-electron chi connectivity index (χ1n) is 3.01. The lowest BCUT2D eigenvalue weighted by Crippen LogP contribution is -2.02. The third-order valence-electron chi connectivity index (χ3n) is 1.01. The SMILES string of the molecule is CC(=O)Oc1nc(N)sc1C. The normalized spacial score (nSPS) is 9.64. The molecular weight excluding hydrogens is 164 g/mol. The van der Waals surface area contributed by atoms with Crippen LogP contribution in [0.4, 0.5) is 5.13 Å². The Kier molecular flexibility index (Phi) is 2.09. The zero-order valence-electron chi connectivity index (χ0n) is 6.25. The van der Waals surface area contributed by atoms with E-state index in [1.807, 2.05) is 0 Å². The van der Waals surface area contributed by atoms with E-state index in [0.29, 0.717) is 11.0 Å². The Morgan fingerprint density at radius 1 is 1.73 bits per heavy atom. The van der Waals surface area contributed by atoms with Gasteiger partial charge in [-0.15, -0.1) is 0 Å². The molecule has 1 aromatic heterocycles. The second-order valence-electron chi connectivity index (χ2n) is 2.01. The summed E-state index contributed by atoms with van der Waals surface area (Å²) in [6.45, 7) is 3.13. The third-order valence-corrected chi connectivity index (χ3v) is 1.79. The lowest BCUT2D eigenvalue weighted by atomic mass is 10.6. The molecule has 0 fully saturated rings. The van der Waals surface area contributed by atoms with E-state index in [4.69, 9.17) is 10.5 Å². The van der Waals surface area contributed by atoms with Gasteiger partial charge < -0.3 is 10.5 Å². The van der Waals surface area contributed by atoms with Crippen molar-refractivity contribution in [2.45, 2.75) is 13.8 Å². The van der Waals surface area contributed by atoms with E-state index in [0.717, 1.165) is 4.88 Å². The van der Waals surface area contributed by atoms with Gasteiger partial charge in [0.1, 0.15) is 0 Å². The Balaban J connectivity index is 2.85. The Morgan fingerprint density at radius 2 is 2.36 bits per heavy atom. The number of carbonyl (C=O) groups excluding carboxylic acids is 1. The molecule has 60 valence electrons. The number of hydrogen-bond acceptors (Lipinski definition) is 5. The number of nitrogens with two attached hydrogens (primary N) is 1. The smallest absolute Gasteiger partial charge is 0.309 e. The first-order chi connectivity index (χ1) is 5.09. The van der Waals surface area contributed by atoms with Crippen molar-refractivity contribution in [3.8, 4) is 5.88 Å². The van der Waals surface area contributed by atoms with Crippen LogP contribution in [0.3, 0.4) is 0 Å². The number of hydrogen-bond donors (Lipinski definition) is 1. The number of anilines is 1. The van der Waals surface area contributed by atoms with E-state index in [2.05, 4.69) is 4.98 Å². The van der Waals surface area contributed by atoms with Crippen LogP contribution in [0, 0.1) is 6.92 Å². The molecule has 1 heterocycles. The van der Waals surface area contributed by atoms with Crippen LogP contribution in [0.1, 0.15) is 11.8 Å². The van der Waals surface area contributed by atoms with Gasteiger partial charge >= 0.3 is 5.97 Å². The van der Waals surface area contributed by atoms with Gasteiger partial charge in [-0.1, -0.05) is 11.3 Å². The monoisotopic (exact) mass is 172 g/mol. The number of ether oxygens (including phenoxy) is 1. The van der Waals surface area contributed by atoms with Crippen LogP contribution in [0.2, 0.25) is 0 Å². The van der Waals surface area contributed by atoms with Crippen LogP contribution in [0.5, 0.6) is 5.88 Å². The minimum atomic E-state index is -0.376. The van der Waals surface area contributed by atoms with E-state index >= 15 is 0 Å². The van der Waals surface area contributed by atoms with Gasteiger partial charge in [0, 0.05) is 6.92 Å². The second kappa shape index (κ2) is 2.87. The average Bonchev–Trinajstić information content (AvgIpc) is 2.09. The molecule has 0 aliphatic rings. The van der Waals surface area contributed by atoms with Crippen molar-refractivity contribution in [2.75, 3.05) is 5.73 Å². The molecule has 1 rings (SSSR count). The molecule has 0 amide bonds. The maximum Gasteiger partial charge on any atom is 0.309 e. The number of esters is 1. The Labute approximate surface area is 68.0 Å². The van der Waals surface area contributed by atoms with Gasteiger partial charge in [-0.25, -0.2) is 0 Å². The predicted octanol–water partition coefficient (Wildman–Crippen LogP) is 0.959. The van der Waals surface area contributed by atoms with E-state index < -0.39 is 0 Å². The van der Waals surface area contributed by atoms with Crippen LogP contribution >= 0.6 is 11.3 Å². The van der Waals surface area contributed by atoms with Crippen molar-refractivity contribution in [2.24, 2.45) is 0 Å². The van der Waals surface area contributed by atoms with E-state index in [1.165, 1.54) is 18.3 Å². The van der Waals surface area contributed by atoms with Crippen LogP contribution < -0.4 is 10.5 Å². The highest BCUT2D eigenvalue weighted by atomic mass is 32.1. The summed E-state index contributed by atoms with van der Waals surface area (Å²) in [5.41, 5.74) is 5.37. The van der Waals surface area contributed by atoms with Crippen molar-refractivity contribution >= 4 is 22.4 Å². The molecule has 0 aromatic carbocycles. The molecule has 0 saturated heterocycles. The van der Waals surface area contributed by atoms with E-state index in [1.54, 1.807) is 6.92 Å². The molecule has 0 spiro atoms. The third kappa shape index (κ3) is 1.91. The minimum absolute atomic E-state index is 0.319. The summed E-state index contributed by atoms with van der Waals surface area (Å²) in [7, 11) is 0. The zero-order chi connectivity index (χ0) is 8.43. The number of nitrogens with zero attached hydrogens (tertiary/aromatic N) is 1. The minimum Gasteiger partial charge on any atom is -0.406 e. The number of carbonyl (C=O) groups is 1. The van der Waals surface area contributed by atoms with E-state index in [-0.39, 0.29) is 5.97 Å². The standard InChI is InChI=1S/C6H8N2O2S/c1-3-5(10-4(2)9)8-6(7)11-3/h1-2H3,(H2,7,8). The Bertz CT molecular complexity index is 282. The quantitative estimate of drug-likeness (QED) is 0.641. The molecule has 4 nitrogen and oxygen atoms in total. The molecule has 0 aliphatic heterocycles. The zero-order valence-corrected chi connectivity index (χ0v) is 7.07. The summed E-state index contributed by atoms with van der Waals surface area (Å²) in [5.74, 6) is -0.0570. The fourth-order valence-electron chi connectivity index (χ4n) is 0.633. The first kappa shape index (κ1) is 8.00. The maximum absolute atomic E-state index is 10.5. The second-order valence-corrected chi connectivity index (χ2v) is 3.24. The molecule has 0 atom stereocenters. The molecule has 2 N–H and O–H groups in total. The van der Waals surface area contributed by atoms with Crippen LogP contribution in [0.25, 0.3) is 0 Å². The summed E-state index contributed by atoms with van der Waals surface area (Å²) in [6.07, 6.45) is 0. The van der Waals surface area contributed by atoms with Crippen molar-refractivity contribution in [1.29, 1.82) is 0 Å². The largest absolute Gasteiger partial charge is 0.406 e. The van der Waals surface area contributed by atoms with Gasteiger partial charge in [-0.05, 0) is 6.92 Å². The van der Waals surface area contributed by atoms with Gasteiger partial charge in [0.2, 0.25) is 5.88 Å². The number of aryl methyl sites for hydroxylation is 1. The molecule has 0 aliphatic carbocycles. The average molecular weight is 172 g/mol. The highest BCUT2D eigenvalue weighted by Gasteiger charge is 2.07. The number of nitrogen functional groups attached to an aromatic ring is 1. The van der Waals surface area contributed by atoms with Crippen molar-refractivity contribution in [3.63, 3.8) is 0 Å². The Morgan fingerprint density at radius 3 is 2.73 bits per heavy atom. The summed E-state index contributed by atoms with van der Waals surface area (Å²) >= 11 is 1.30. The molecule has 5 heteroatoms. The van der Waals surface area contributed by atoms with Crippen molar-refractivity contribution in [3.05, 3.63) is 4.88 Å². The van der Waals surface area contributed by atoms with Crippen LogP contribution in [-0.4, -0.2) is 11.0 Å². The van der Waals surface area contributed by atoms with Crippen LogP contribution in [-0.2, 0) is 4.79 Å². The van der Waals surface area contributed by atoms with Crippen LogP contribution in [0.15, 0.2) is 0 Å². The molecule has 0 unspecified atom stereocenters.